The van der Waals surface area contributed by atoms with E-state index < -0.39 is 0 Å². The highest BCUT2D eigenvalue weighted by Gasteiger charge is 2.18. The SMILES string of the molecule is Cc1cc(C)c(C(=O)NC(CO)C(C)C)cc1N. The van der Waals surface area contributed by atoms with Crippen LogP contribution in [0.1, 0.15) is 35.3 Å². The first kappa shape index (κ1) is 14.5. The minimum atomic E-state index is -0.237. The Kier molecular flexibility index (Phi) is 4.73. The number of aryl methyl sites for hydroxylation is 2. The minimum absolute atomic E-state index is 0.0657. The van der Waals surface area contributed by atoms with Gasteiger partial charge >= 0.3 is 0 Å². The Balaban J connectivity index is 2.94. The lowest BCUT2D eigenvalue weighted by atomic mass is 10.0. The summed E-state index contributed by atoms with van der Waals surface area (Å²) in [5, 5.41) is 12.0. The summed E-state index contributed by atoms with van der Waals surface area (Å²) in [6.45, 7) is 7.64. The van der Waals surface area contributed by atoms with Crippen LogP contribution < -0.4 is 11.1 Å². The maximum Gasteiger partial charge on any atom is 0.251 e. The first-order chi connectivity index (χ1) is 8.36. The van der Waals surface area contributed by atoms with Crippen LogP contribution >= 0.6 is 0 Å². The van der Waals surface area contributed by atoms with Gasteiger partial charge in [-0.15, -0.1) is 0 Å². The van der Waals surface area contributed by atoms with E-state index in [1.165, 1.54) is 0 Å². The monoisotopic (exact) mass is 250 g/mol. The molecule has 0 radical (unpaired) electrons. The van der Waals surface area contributed by atoms with Crippen LogP contribution in [-0.4, -0.2) is 23.7 Å². The zero-order chi connectivity index (χ0) is 13.9. The summed E-state index contributed by atoms with van der Waals surface area (Å²) in [4.78, 5) is 12.1. The smallest absolute Gasteiger partial charge is 0.251 e. The molecule has 0 saturated heterocycles. The molecule has 18 heavy (non-hydrogen) atoms. The summed E-state index contributed by atoms with van der Waals surface area (Å²) in [5.74, 6) is -0.00555. The van der Waals surface area contributed by atoms with Crippen LogP contribution in [0, 0.1) is 19.8 Å². The third-order valence-electron chi connectivity index (χ3n) is 3.18. The van der Waals surface area contributed by atoms with E-state index in [1.807, 2.05) is 33.8 Å². The number of hydrogen-bond acceptors (Lipinski definition) is 3. The second-order valence-corrected chi connectivity index (χ2v) is 5.03. The predicted octanol–water partition coefficient (Wildman–Crippen LogP) is 1.63. The van der Waals surface area contributed by atoms with Crippen molar-refractivity contribution >= 4 is 11.6 Å². The number of nitrogen functional groups attached to an aromatic ring is 1. The maximum absolute atomic E-state index is 12.1. The van der Waals surface area contributed by atoms with Crippen molar-refractivity contribution in [2.75, 3.05) is 12.3 Å². The summed E-state index contributed by atoms with van der Waals surface area (Å²) < 4.78 is 0. The third kappa shape index (κ3) is 3.23. The molecule has 0 bridgehead atoms. The number of hydrogen-bond donors (Lipinski definition) is 3. The molecule has 0 aliphatic rings. The Hall–Kier alpha value is -1.55. The fraction of sp³-hybridized carbons (Fsp3) is 0.500. The van der Waals surface area contributed by atoms with Gasteiger partial charge in [-0.3, -0.25) is 4.79 Å². The van der Waals surface area contributed by atoms with Gasteiger partial charge in [0.15, 0.2) is 0 Å². The molecule has 1 aromatic rings. The van der Waals surface area contributed by atoms with Gasteiger partial charge in [-0.25, -0.2) is 0 Å². The molecule has 1 aromatic carbocycles. The van der Waals surface area contributed by atoms with Crippen LogP contribution in [0.4, 0.5) is 5.69 Å². The predicted molar refractivity (Wildman–Crippen MR) is 73.5 cm³/mol. The zero-order valence-electron chi connectivity index (χ0n) is 11.4. The van der Waals surface area contributed by atoms with Crippen molar-refractivity contribution in [3.05, 3.63) is 28.8 Å². The highest BCUT2D eigenvalue weighted by atomic mass is 16.3. The number of aliphatic hydroxyl groups is 1. The lowest BCUT2D eigenvalue weighted by Crippen LogP contribution is -2.41. The average Bonchev–Trinajstić information content (AvgIpc) is 2.29. The van der Waals surface area contributed by atoms with Crippen LogP contribution in [0.2, 0.25) is 0 Å². The first-order valence-electron chi connectivity index (χ1n) is 6.15. The molecule has 4 heteroatoms. The molecule has 1 atom stereocenters. The number of rotatable bonds is 4. The van der Waals surface area contributed by atoms with E-state index in [4.69, 9.17) is 5.73 Å². The fourth-order valence-electron chi connectivity index (χ4n) is 1.78. The molecule has 0 aliphatic heterocycles. The molecule has 4 nitrogen and oxygen atoms in total. The van der Waals surface area contributed by atoms with Gasteiger partial charge in [-0.05, 0) is 37.0 Å². The minimum Gasteiger partial charge on any atom is -0.398 e. The molecule has 0 aliphatic carbocycles. The van der Waals surface area contributed by atoms with Crippen molar-refractivity contribution < 1.29 is 9.90 Å². The van der Waals surface area contributed by atoms with Crippen molar-refractivity contribution in [3.63, 3.8) is 0 Å². The van der Waals surface area contributed by atoms with Gasteiger partial charge in [0.1, 0.15) is 0 Å². The Morgan fingerprint density at radius 3 is 2.44 bits per heavy atom. The second-order valence-electron chi connectivity index (χ2n) is 5.03. The number of carbonyl (C=O) groups is 1. The lowest BCUT2D eigenvalue weighted by molar-refractivity contribution is 0.0896. The standard InChI is InChI=1S/C14H22N2O2/c1-8(2)13(7-17)16-14(18)11-6-12(15)10(4)5-9(11)3/h5-6,8,13,17H,7,15H2,1-4H3,(H,16,18). The van der Waals surface area contributed by atoms with Gasteiger partial charge in [-0.1, -0.05) is 19.9 Å². The van der Waals surface area contributed by atoms with E-state index in [2.05, 4.69) is 5.32 Å². The third-order valence-corrected chi connectivity index (χ3v) is 3.18. The van der Waals surface area contributed by atoms with E-state index in [9.17, 15) is 9.90 Å². The maximum atomic E-state index is 12.1. The topological polar surface area (TPSA) is 75.3 Å². The molecule has 100 valence electrons. The summed E-state index contributed by atoms with van der Waals surface area (Å²) in [6, 6.07) is 3.35. The van der Waals surface area contributed by atoms with Crippen molar-refractivity contribution in [2.45, 2.75) is 33.7 Å². The van der Waals surface area contributed by atoms with Gasteiger partial charge in [0.2, 0.25) is 0 Å². The normalized spacial score (nSPS) is 12.6. The summed E-state index contributed by atoms with van der Waals surface area (Å²) >= 11 is 0. The van der Waals surface area contributed by atoms with E-state index in [0.717, 1.165) is 11.1 Å². The van der Waals surface area contributed by atoms with Crippen LogP contribution in [0.5, 0.6) is 0 Å². The summed E-state index contributed by atoms with van der Waals surface area (Å²) in [6.07, 6.45) is 0. The Morgan fingerprint density at radius 1 is 1.33 bits per heavy atom. The quantitative estimate of drug-likeness (QED) is 0.711. The fourth-order valence-corrected chi connectivity index (χ4v) is 1.78. The van der Waals surface area contributed by atoms with E-state index in [0.29, 0.717) is 11.3 Å². The Morgan fingerprint density at radius 2 is 1.94 bits per heavy atom. The van der Waals surface area contributed by atoms with Crippen molar-refractivity contribution in [2.24, 2.45) is 5.92 Å². The Labute approximate surface area is 108 Å². The van der Waals surface area contributed by atoms with Crippen LogP contribution in [0.3, 0.4) is 0 Å². The number of amides is 1. The number of aliphatic hydroxyl groups excluding tert-OH is 1. The zero-order valence-corrected chi connectivity index (χ0v) is 11.4. The summed E-state index contributed by atoms with van der Waals surface area (Å²) in [7, 11) is 0. The van der Waals surface area contributed by atoms with Crippen molar-refractivity contribution in [1.82, 2.24) is 5.32 Å². The number of nitrogens with one attached hydrogen (secondary N) is 1. The molecule has 0 aromatic heterocycles. The number of nitrogens with two attached hydrogens (primary N) is 1. The number of carbonyl (C=O) groups excluding carboxylic acids is 1. The van der Waals surface area contributed by atoms with E-state index in [-0.39, 0.29) is 24.5 Å². The van der Waals surface area contributed by atoms with Crippen LogP contribution in [-0.2, 0) is 0 Å². The van der Waals surface area contributed by atoms with E-state index in [1.54, 1.807) is 6.07 Å². The number of anilines is 1. The van der Waals surface area contributed by atoms with Crippen LogP contribution in [0.25, 0.3) is 0 Å². The lowest BCUT2D eigenvalue weighted by Gasteiger charge is -2.20. The van der Waals surface area contributed by atoms with Gasteiger partial charge in [0.05, 0.1) is 12.6 Å². The molecule has 1 unspecified atom stereocenters. The summed E-state index contributed by atoms with van der Waals surface area (Å²) in [5.41, 5.74) is 8.85. The molecular weight excluding hydrogens is 228 g/mol. The molecule has 0 spiro atoms. The highest BCUT2D eigenvalue weighted by Crippen LogP contribution is 2.18. The molecule has 0 saturated carbocycles. The average molecular weight is 250 g/mol. The molecule has 0 fully saturated rings. The number of benzene rings is 1. The van der Waals surface area contributed by atoms with Crippen molar-refractivity contribution in [3.8, 4) is 0 Å². The molecule has 1 rings (SSSR count). The molecule has 1 amide bonds. The highest BCUT2D eigenvalue weighted by molar-refractivity contribution is 5.96. The molecular formula is C14H22N2O2. The van der Waals surface area contributed by atoms with Gasteiger partial charge in [-0.2, -0.15) is 0 Å². The van der Waals surface area contributed by atoms with Crippen LogP contribution in [0.15, 0.2) is 12.1 Å². The van der Waals surface area contributed by atoms with Crippen molar-refractivity contribution in [1.29, 1.82) is 0 Å². The van der Waals surface area contributed by atoms with Gasteiger partial charge in [0.25, 0.3) is 5.91 Å². The van der Waals surface area contributed by atoms with E-state index >= 15 is 0 Å². The molecule has 0 heterocycles. The Bertz CT molecular complexity index is 442. The molecule has 4 N–H and O–H groups in total. The largest absolute Gasteiger partial charge is 0.398 e. The van der Waals surface area contributed by atoms with Gasteiger partial charge in [0, 0.05) is 11.3 Å². The van der Waals surface area contributed by atoms with Gasteiger partial charge < -0.3 is 16.2 Å². The second kappa shape index (κ2) is 5.87. The first-order valence-corrected chi connectivity index (χ1v) is 6.15.